The van der Waals surface area contributed by atoms with Gasteiger partial charge in [-0.2, -0.15) is 0 Å². The number of rotatable bonds is 3. The van der Waals surface area contributed by atoms with E-state index in [4.69, 9.17) is 5.11 Å². The highest BCUT2D eigenvalue weighted by Gasteiger charge is 2.33. The van der Waals surface area contributed by atoms with E-state index in [0.717, 1.165) is 6.08 Å². The van der Waals surface area contributed by atoms with Gasteiger partial charge in [-0.05, 0) is 24.1 Å². The lowest BCUT2D eigenvalue weighted by molar-refractivity contribution is -0.131. The fourth-order valence-corrected chi connectivity index (χ4v) is 2.14. The number of hydrogen-bond acceptors (Lipinski definition) is 2. The number of carbonyl (C=O) groups excluding carboxylic acids is 1. The van der Waals surface area contributed by atoms with Gasteiger partial charge in [0.2, 0.25) is 0 Å². The molecule has 0 bridgehead atoms. The lowest BCUT2D eigenvalue weighted by Crippen LogP contribution is -2.30. The van der Waals surface area contributed by atoms with Crippen LogP contribution in [-0.2, 0) is 9.59 Å². The summed E-state index contributed by atoms with van der Waals surface area (Å²) in [7, 11) is 0. The molecular formula is C14H14FNO3. The molecule has 1 heterocycles. The Morgan fingerprint density at radius 1 is 1.47 bits per heavy atom. The predicted octanol–water partition coefficient (Wildman–Crippen LogP) is 2.30. The zero-order chi connectivity index (χ0) is 14.2. The minimum atomic E-state index is -1.22. The number of carbonyl (C=O) groups is 2. The molecule has 2 rings (SSSR count). The van der Waals surface area contributed by atoms with Gasteiger partial charge in [0.15, 0.2) is 0 Å². The SMILES string of the molecule is CC(C)CN1C(=O)C(=CC(=O)O)c2cc(F)ccc21. The molecule has 0 unspecified atom stereocenters. The molecule has 4 nitrogen and oxygen atoms in total. The van der Waals surface area contributed by atoms with Crippen LogP contribution in [0.1, 0.15) is 19.4 Å². The third-order valence-corrected chi connectivity index (χ3v) is 2.83. The molecule has 1 aliphatic heterocycles. The third kappa shape index (κ3) is 2.50. The molecule has 0 spiro atoms. The van der Waals surface area contributed by atoms with Crippen molar-refractivity contribution in [3.05, 3.63) is 35.7 Å². The third-order valence-electron chi connectivity index (χ3n) is 2.83. The number of aliphatic carboxylic acids is 1. The van der Waals surface area contributed by atoms with Gasteiger partial charge in [-0.25, -0.2) is 9.18 Å². The number of fused-ring (bicyclic) bond motifs is 1. The van der Waals surface area contributed by atoms with Crippen molar-refractivity contribution in [2.24, 2.45) is 5.92 Å². The predicted molar refractivity (Wildman–Crippen MR) is 69.2 cm³/mol. The fraction of sp³-hybridized carbons (Fsp3) is 0.286. The van der Waals surface area contributed by atoms with Gasteiger partial charge in [-0.3, -0.25) is 4.79 Å². The van der Waals surface area contributed by atoms with Crippen molar-refractivity contribution in [3.8, 4) is 0 Å². The molecule has 1 aliphatic rings. The summed E-state index contributed by atoms with van der Waals surface area (Å²) in [5.74, 6) is -1.87. The van der Waals surface area contributed by atoms with Gasteiger partial charge in [0.25, 0.3) is 5.91 Å². The van der Waals surface area contributed by atoms with Crippen LogP contribution in [0.2, 0.25) is 0 Å². The van der Waals surface area contributed by atoms with Crippen LogP contribution >= 0.6 is 0 Å². The van der Waals surface area contributed by atoms with Crippen LogP contribution in [0.3, 0.4) is 0 Å². The Hall–Kier alpha value is -2.17. The van der Waals surface area contributed by atoms with Gasteiger partial charge in [-0.1, -0.05) is 13.8 Å². The van der Waals surface area contributed by atoms with Gasteiger partial charge >= 0.3 is 5.97 Å². The van der Waals surface area contributed by atoms with Crippen LogP contribution in [-0.4, -0.2) is 23.5 Å². The highest BCUT2D eigenvalue weighted by Crippen LogP contribution is 2.37. The zero-order valence-electron chi connectivity index (χ0n) is 10.7. The Bertz CT molecular complexity index is 578. The number of halogens is 1. The Balaban J connectivity index is 2.55. The van der Waals surface area contributed by atoms with Crippen LogP contribution in [0.5, 0.6) is 0 Å². The summed E-state index contributed by atoms with van der Waals surface area (Å²) in [4.78, 5) is 24.5. The van der Waals surface area contributed by atoms with E-state index < -0.39 is 17.7 Å². The average Bonchev–Trinajstić information content (AvgIpc) is 2.53. The fourth-order valence-electron chi connectivity index (χ4n) is 2.14. The van der Waals surface area contributed by atoms with Gasteiger partial charge < -0.3 is 10.0 Å². The van der Waals surface area contributed by atoms with Gasteiger partial charge in [-0.15, -0.1) is 0 Å². The van der Waals surface area contributed by atoms with Crippen molar-refractivity contribution >= 4 is 23.1 Å². The average molecular weight is 263 g/mol. The monoisotopic (exact) mass is 263 g/mol. The number of carboxylic acids is 1. The van der Waals surface area contributed by atoms with Gasteiger partial charge in [0, 0.05) is 18.2 Å². The first kappa shape index (κ1) is 13.3. The second kappa shape index (κ2) is 4.84. The molecule has 0 radical (unpaired) electrons. The second-order valence-electron chi connectivity index (χ2n) is 4.87. The van der Waals surface area contributed by atoms with Crippen LogP contribution in [0.15, 0.2) is 24.3 Å². The maximum absolute atomic E-state index is 13.3. The molecule has 5 heteroatoms. The van der Waals surface area contributed by atoms with E-state index in [9.17, 15) is 14.0 Å². The molecule has 1 aromatic carbocycles. The summed E-state index contributed by atoms with van der Waals surface area (Å²) in [6, 6.07) is 3.97. The van der Waals surface area contributed by atoms with Crippen molar-refractivity contribution in [2.45, 2.75) is 13.8 Å². The molecule has 1 N–H and O–H groups in total. The van der Waals surface area contributed by atoms with Crippen molar-refractivity contribution in [1.29, 1.82) is 0 Å². The van der Waals surface area contributed by atoms with Crippen LogP contribution in [0.4, 0.5) is 10.1 Å². The van der Waals surface area contributed by atoms with Crippen LogP contribution in [0.25, 0.3) is 5.57 Å². The molecule has 1 amide bonds. The lowest BCUT2D eigenvalue weighted by atomic mass is 10.1. The van der Waals surface area contributed by atoms with E-state index in [0.29, 0.717) is 17.8 Å². The minimum Gasteiger partial charge on any atom is -0.478 e. The molecule has 19 heavy (non-hydrogen) atoms. The molecule has 0 saturated heterocycles. The first-order chi connectivity index (χ1) is 8.90. The number of carboxylic acid groups (broad SMARTS) is 1. The Morgan fingerprint density at radius 2 is 2.16 bits per heavy atom. The first-order valence-electron chi connectivity index (χ1n) is 5.96. The molecule has 0 atom stereocenters. The molecule has 0 saturated carbocycles. The largest absolute Gasteiger partial charge is 0.478 e. The van der Waals surface area contributed by atoms with E-state index in [2.05, 4.69) is 0 Å². The summed E-state index contributed by atoms with van der Waals surface area (Å²) >= 11 is 0. The van der Waals surface area contributed by atoms with Crippen molar-refractivity contribution in [1.82, 2.24) is 0 Å². The summed E-state index contributed by atoms with van der Waals surface area (Å²) in [6.45, 7) is 4.37. The van der Waals surface area contributed by atoms with Crippen molar-refractivity contribution < 1.29 is 19.1 Å². The summed E-state index contributed by atoms with van der Waals surface area (Å²) in [5, 5.41) is 8.81. The van der Waals surface area contributed by atoms with E-state index in [1.54, 1.807) is 0 Å². The second-order valence-corrected chi connectivity index (χ2v) is 4.87. The molecule has 1 aromatic rings. The van der Waals surface area contributed by atoms with Crippen molar-refractivity contribution in [2.75, 3.05) is 11.4 Å². The summed E-state index contributed by atoms with van der Waals surface area (Å²) in [5.41, 5.74) is 0.934. The van der Waals surface area contributed by atoms with Crippen LogP contribution in [0, 0.1) is 11.7 Å². The molecular weight excluding hydrogens is 249 g/mol. The Morgan fingerprint density at radius 3 is 2.74 bits per heavy atom. The first-order valence-corrected chi connectivity index (χ1v) is 5.96. The van der Waals surface area contributed by atoms with Gasteiger partial charge in [0.05, 0.1) is 11.3 Å². The topological polar surface area (TPSA) is 57.6 Å². The smallest absolute Gasteiger partial charge is 0.329 e. The number of benzene rings is 1. The molecule has 100 valence electrons. The number of hydrogen-bond donors (Lipinski definition) is 1. The summed E-state index contributed by atoms with van der Waals surface area (Å²) in [6.07, 6.45) is 0.834. The molecule has 0 aromatic heterocycles. The quantitative estimate of drug-likeness (QED) is 0.851. The lowest BCUT2D eigenvalue weighted by Gasteiger charge is -2.19. The van der Waals surface area contributed by atoms with E-state index in [1.165, 1.54) is 23.1 Å². The maximum atomic E-state index is 13.3. The Kier molecular flexibility index (Phi) is 3.38. The van der Waals surface area contributed by atoms with Gasteiger partial charge in [0.1, 0.15) is 5.82 Å². The number of amides is 1. The highest BCUT2D eigenvalue weighted by molar-refractivity contribution is 6.34. The summed E-state index contributed by atoms with van der Waals surface area (Å²) < 4.78 is 13.3. The van der Waals surface area contributed by atoms with Crippen LogP contribution < -0.4 is 4.90 Å². The van der Waals surface area contributed by atoms with Crippen molar-refractivity contribution in [3.63, 3.8) is 0 Å². The van der Waals surface area contributed by atoms with E-state index in [1.807, 2.05) is 13.8 Å². The standard InChI is InChI=1S/C14H14FNO3/c1-8(2)7-16-12-4-3-9(15)5-10(12)11(14(16)19)6-13(17)18/h3-6,8H,7H2,1-2H3,(H,17,18). The minimum absolute atomic E-state index is 0.0302. The van der Waals surface area contributed by atoms with E-state index >= 15 is 0 Å². The Labute approximate surface area is 110 Å². The normalized spacial score (nSPS) is 16.3. The highest BCUT2D eigenvalue weighted by atomic mass is 19.1. The number of anilines is 1. The maximum Gasteiger partial charge on any atom is 0.329 e. The molecule has 0 fully saturated rings. The van der Waals surface area contributed by atoms with E-state index in [-0.39, 0.29) is 11.5 Å². The molecule has 0 aliphatic carbocycles. The zero-order valence-corrected chi connectivity index (χ0v) is 10.7. The number of nitrogens with zero attached hydrogens (tertiary/aromatic N) is 1.